The number of hydrogen-bond acceptors (Lipinski definition) is 5. The lowest BCUT2D eigenvalue weighted by Crippen LogP contribution is -2.21. The van der Waals surface area contributed by atoms with Crippen LogP contribution in [0.2, 0.25) is 0 Å². The maximum absolute atomic E-state index is 11.1. The molecule has 0 N–H and O–H groups in total. The summed E-state index contributed by atoms with van der Waals surface area (Å²) in [6, 6.07) is 0. The van der Waals surface area contributed by atoms with Crippen LogP contribution in [-0.2, 0) is 23.9 Å². The molecule has 0 bridgehead atoms. The average molecular weight is 196 g/mol. The van der Waals surface area contributed by atoms with Gasteiger partial charge >= 0.3 is 5.97 Å². The van der Waals surface area contributed by atoms with Crippen LogP contribution in [0.1, 0.15) is 0 Å². The van der Waals surface area contributed by atoms with Gasteiger partial charge in [-0.1, -0.05) is 0 Å². The largest absolute Gasteiger partial charge is 0.492 e. The van der Waals surface area contributed by atoms with Crippen molar-refractivity contribution in [3.05, 3.63) is 23.5 Å². The number of hydrogen-bond donors (Lipinski definition) is 0. The maximum Gasteiger partial charge on any atom is 0.338 e. The SMILES string of the molecule is COC(=O)C1=CC(=O)C(=O)C(OC)=C1. The van der Waals surface area contributed by atoms with E-state index < -0.39 is 17.5 Å². The normalized spacial score (nSPS) is 15.9. The van der Waals surface area contributed by atoms with Crippen molar-refractivity contribution in [1.29, 1.82) is 0 Å². The molecule has 0 amide bonds. The number of ether oxygens (including phenoxy) is 2. The minimum atomic E-state index is -0.787. The Morgan fingerprint density at radius 1 is 1.21 bits per heavy atom. The van der Waals surface area contributed by atoms with E-state index >= 15 is 0 Å². The van der Waals surface area contributed by atoms with E-state index in [0.29, 0.717) is 0 Å². The van der Waals surface area contributed by atoms with Gasteiger partial charge in [0.2, 0.25) is 5.78 Å². The number of carbonyl (C=O) groups is 3. The molecule has 0 aliphatic heterocycles. The number of methoxy groups -OCH3 is 2. The van der Waals surface area contributed by atoms with Crippen molar-refractivity contribution < 1.29 is 23.9 Å². The molecule has 0 aromatic rings. The molecule has 1 aliphatic rings. The third-order valence-corrected chi connectivity index (χ3v) is 1.66. The molecule has 0 saturated carbocycles. The van der Waals surface area contributed by atoms with Gasteiger partial charge in [0.1, 0.15) is 0 Å². The molecular weight excluding hydrogens is 188 g/mol. The Bertz CT molecular complexity index is 361. The number of allylic oxidation sites excluding steroid dienone is 2. The molecule has 0 spiro atoms. The summed E-state index contributed by atoms with van der Waals surface area (Å²) in [5.74, 6) is -2.39. The van der Waals surface area contributed by atoms with Crippen molar-refractivity contribution in [2.75, 3.05) is 14.2 Å². The van der Waals surface area contributed by atoms with Gasteiger partial charge in [0.15, 0.2) is 5.76 Å². The molecular formula is C9H8O5. The van der Waals surface area contributed by atoms with Gasteiger partial charge in [0.25, 0.3) is 5.78 Å². The molecule has 74 valence electrons. The minimum Gasteiger partial charge on any atom is -0.492 e. The van der Waals surface area contributed by atoms with Crippen molar-refractivity contribution in [2.45, 2.75) is 0 Å². The Morgan fingerprint density at radius 3 is 2.36 bits per heavy atom. The molecule has 1 rings (SSSR count). The molecule has 1 aliphatic carbocycles. The smallest absolute Gasteiger partial charge is 0.338 e. The Morgan fingerprint density at radius 2 is 1.86 bits per heavy atom. The molecule has 0 atom stereocenters. The van der Waals surface area contributed by atoms with Crippen molar-refractivity contribution in [3.8, 4) is 0 Å². The summed E-state index contributed by atoms with van der Waals surface area (Å²) in [5.41, 5.74) is 0.00829. The van der Waals surface area contributed by atoms with Crippen LogP contribution in [0.25, 0.3) is 0 Å². The molecule has 0 fully saturated rings. The maximum atomic E-state index is 11.1. The van der Waals surface area contributed by atoms with Crippen molar-refractivity contribution in [1.82, 2.24) is 0 Å². The standard InChI is InChI=1S/C9H8O5/c1-13-7-4-5(9(12)14-2)3-6(10)8(7)11/h3-4H,1-2H3. The summed E-state index contributed by atoms with van der Waals surface area (Å²) >= 11 is 0. The number of Topliss-reactive ketones (excluding diaryl/α,β-unsaturated/α-hetero) is 1. The van der Waals surface area contributed by atoms with E-state index in [0.717, 1.165) is 6.08 Å². The van der Waals surface area contributed by atoms with E-state index in [-0.39, 0.29) is 11.3 Å². The summed E-state index contributed by atoms with van der Waals surface area (Å²) in [5, 5.41) is 0. The number of ketones is 2. The van der Waals surface area contributed by atoms with Gasteiger partial charge in [0, 0.05) is 6.08 Å². The molecule has 5 nitrogen and oxygen atoms in total. The van der Waals surface area contributed by atoms with Crippen LogP contribution in [-0.4, -0.2) is 31.8 Å². The van der Waals surface area contributed by atoms with E-state index in [1.807, 2.05) is 0 Å². The van der Waals surface area contributed by atoms with E-state index in [1.165, 1.54) is 20.3 Å². The summed E-state index contributed by atoms with van der Waals surface area (Å²) in [6.45, 7) is 0. The van der Waals surface area contributed by atoms with Crippen LogP contribution in [0.5, 0.6) is 0 Å². The van der Waals surface area contributed by atoms with Crippen LogP contribution in [0, 0.1) is 0 Å². The van der Waals surface area contributed by atoms with E-state index in [1.54, 1.807) is 0 Å². The number of carbonyl (C=O) groups excluding carboxylic acids is 3. The van der Waals surface area contributed by atoms with Crippen molar-refractivity contribution in [2.24, 2.45) is 0 Å². The topological polar surface area (TPSA) is 69.7 Å². The third kappa shape index (κ3) is 1.71. The Balaban J connectivity index is 3.06. The molecule has 0 aromatic carbocycles. The lowest BCUT2D eigenvalue weighted by Gasteiger charge is -2.08. The molecule has 14 heavy (non-hydrogen) atoms. The molecule has 5 heteroatoms. The van der Waals surface area contributed by atoms with Crippen molar-refractivity contribution in [3.63, 3.8) is 0 Å². The zero-order chi connectivity index (χ0) is 10.7. The quantitative estimate of drug-likeness (QED) is 0.346. The third-order valence-electron chi connectivity index (χ3n) is 1.66. The zero-order valence-electron chi connectivity index (χ0n) is 7.70. The molecule has 0 saturated heterocycles. The van der Waals surface area contributed by atoms with Crippen LogP contribution in [0.3, 0.4) is 0 Å². The summed E-state index contributed by atoms with van der Waals surface area (Å²) < 4.78 is 9.04. The van der Waals surface area contributed by atoms with Crippen LogP contribution in [0.4, 0.5) is 0 Å². The summed E-state index contributed by atoms with van der Waals surface area (Å²) in [7, 11) is 2.43. The Kier molecular flexibility index (Phi) is 2.81. The predicted molar refractivity (Wildman–Crippen MR) is 45.2 cm³/mol. The van der Waals surface area contributed by atoms with Gasteiger partial charge in [-0.15, -0.1) is 0 Å². The zero-order valence-corrected chi connectivity index (χ0v) is 7.70. The average Bonchev–Trinajstić information content (AvgIpc) is 2.20. The van der Waals surface area contributed by atoms with Gasteiger partial charge in [-0.25, -0.2) is 4.79 Å². The first-order chi connectivity index (χ1) is 6.60. The van der Waals surface area contributed by atoms with Gasteiger partial charge in [0.05, 0.1) is 19.8 Å². The molecule has 0 aromatic heterocycles. The fraction of sp³-hybridized carbons (Fsp3) is 0.222. The second-order valence-corrected chi connectivity index (χ2v) is 2.50. The van der Waals surface area contributed by atoms with E-state index in [4.69, 9.17) is 0 Å². The highest BCUT2D eigenvalue weighted by atomic mass is 16.5. The Labute approximate surface area is 80.0 Å². The lowest BCUT2D eigenvalue weighted by atomic mass is 10.0. The van der Waals surface area contributed by atoms with E-state index in [9.17, 15) is 14.4 Å². The van der Waals surface area contributed by atoms with Crippen LogP contribution < -0.4 is 0 Å². The highest BCUT2D eigenvalue weighted by molar-refractivity contribution is 6.48. The first kappa shape index (κ1) is 10.2. The second-order valence-electron chi connectivity index (χ2n) is 2.50. The number of esters is 1. The number of rotatable bonds is 2. The first-order valence-corrected chi connectivity index (χ1v) is 3.74. The van der Waals surface area contributed by atoms with E-state index in [2.05, 4.69) is 9.47 Å². The second kappa shape index (κ2) is 3.87. The van der Waals surface area contributed by atoms with Gasteiger partial charge in [-0.05, 0) is 6.08 Å². The lowest BCUT2D eigenvalue weighted by molar-refractivity contribution is -0.136. The first-order valence-electron chi connectivity index (χ1n) is 3.74. The summed E-state index contributed by atoms with van der Waals surface area (Å²) in [6.07, 6.45) is 2.10. The molecule has 0 unspecified atom stereocenters. The fourth-order valence-corrected chi connectivity index (χ4v) is 0.964. The van der Waals surface area contributed by atoms with Crippen molar-refractivity contribution >= 4 is 17.5 Å². The fourth-order valence-electron chi connectivity index (χ4n) is 0.964. The van der Waals surface area contributed by atoms with Crippen LogP contribution >= 0.6 is 0 Å². The minimum absolute atomic E-state index is 0.00829. The monoisotopic (exact) mass is 196 g/mol. The Hall–Kier alpha value is -1.91. The van der Waals surface area contributed by atoms with Gasteiger partial charge < -0.3 is 9.47 Å². The van der Waals surface area contributed by atoms with Gasteiger partial charge in [-0.3, -0.25) is 9.59 Å². The highest BCUT2D eigenvalue weighted by Crippen LogP contribution is 2.13. The highest BCUT2D eigenvalue weighted by Gasteiger charge is 2.26. The van der Waals surface area contributed by atoms with Crippen LogP contribution in [0.15, 0.2) is 23.5 Å². The predicted octanol–water partition coefficient (Wildman–Crippen LogP) is -0.232. The summed E-state index contributed by atoms with van der Waals surface area (Å²) in [4.78, 5) is 33.1. The molecule has 0 radical (unpaired) electrons. The van der Waals surface area contributed by atoms with Gasteiger partial charge in [-0.2, -0.15) is 0 Å². The molecule has 0 heterocycles.